The van der Waals surface area contributed by atoms with Crippen LogP contribution in [0.4, 0.5) is 0 Å². The number of benzene rings is 1. The smallest absolute Gasteiger partial charge is 0.226 e. The fourth-order valence-electron chi connectivity index (χ4n) is 2.89. The Morgan fingerprint density at radius 3 is 2.77 bits per heavy atom. The number of rotatable bonds is 6. The summed E-state index contributed by atoms with van der Waals surface area (Å²) >= 11 is 0. The van der Waals surface area contributed by atoms with Crippen molar-refractivity contribution in [2.75, 3.05) is 27.2 Å². The molecule has 0 bridgehead atoms. The van der Waals surface area contributed by atoms with Crippen LogP contribution in [-0.2, 0) is 13.0 Å². The Kier molecular flexibility index (Phi) is 4.85. The largest absolute Gasteiger partial charge is 0.339 e. The van der Waals surface area contributed by atoms with E-state index in [-0.39, 0.29) is 0 Å². The number of hydrogen-bond donors (Lipinski definition) is 1. The lowest BCUT2D eigenvalue weighted by Gasteiger charge is -2.09. The van der Waals surface area contributed by atoms with Crippen LogP contribution in [0.5, 0.6) is 0 Å². The molecule has 3 rings (SSSR count). The molecule has 0 spiro atoms. The molecule has 1 aromatic carbocycles. The van der Waals surface area contributed by atoms with Gasteiger partial charge in [-0.05, 0) is 51.5 Å². The summed E-state index contributed by atoms with van der Waals surface area (Å²) in [6.07, 6.45) is 3.25. The molecule has 1 aliphatic rings. The highest BCUT2D eigenvalue weighted by molar-refractivity contribution is 5.54. The molecule has 0 radical (unpaired) electrons. The first kappa shape index (κ1) is 15.2. The average Bonchev–Trinajstić information content (AvgIpc) is 3.17. The normalized spacial score (nSPS) is 18.2. The number of aromatic nitrogens is 2. The van der Waals surface area contributed by atoms with E-state index >= 15 is 0 Å². The van der Waals surface area contributed by atoms with E-state index in [1.54, 1.807) is 0 Å². The molecule has 5 nitrogen and oxygen atoms in total. The first-order valence-corrected chi connectivity index (χ1v) is 7.98. The second-order valence-electron chi connectivity index (χ2n) is 6.34. The molecule has 1 aromatic heterocycles. The second kappa shape index (κ2) is 7.03. The molecule has 0 aliphatic carbocycles. The molecule has 1 unspecified atom stereocenters. The van der Waals surface area contributed by atoms with Gasteiger partial charge in [0, 0.05) is 18.5 Å². The van der Waals surface area contributed by atoms with Crippen molar-refractivity contribution in [2.45, 2.75) is 25.8 Å². The van der Waals surface area contributed by atoms with Crippen molar-refractivity contribution in [2.24, 2.45) is 5.92 Å². The first-order chi connectivity index (χ1) is 10.7. The van der Waals surface area contributed by atoms with Crippen LogP contribution in [0.25, 0.3) is 11.4 Å². The fourth-order valence-corrected chi connectivity index (χ4v) is 2.89. The van der Waals surface area contributed by atoms with Gasteiger partial charge in [0.05, 0.1) is 0 Å². The highest BCUT2D eigenvalue weighted by Gasteiger charge is 2.16. The van der Waals surface area contributed by atoms with Crippen LogP contribution in [0, 0.1) is 5.92 Å². The zero-order valence-electron chi connectivity index (χ0n) is 13.4. The lowest BCUT2D eigenvalue weighted by molar-refractivity contribution is 0.365. The van der Waals surface area contributed by atoms with Crippen molar-refractivity contribution in [3.63, 3.8) is 0 Å². The van der Waals surface area contributed by atoms with Gasteiger partial charge >= 0.3 is 0 Å². The van der Waals surface area contributed by atoms with Crippen LogP contribution in [0.1, 0.15) is 24.3 Å². The predicted molar refractivity (Wildman–Crippen MR) is 86.4 cm³/mol. The zero-order chi connectivity index (χ0) is 15.4. The van der Waals surface area contributed by atoms with Gasteiger partial charge in [-0.25, -0.2) is 0 Å². The number of nitrogens with zero attached hydrogens (tertiary/aromatic N) is 3. The Morgan fingerprint density at radius 1 is 1.27 bits per heavy atom. The minimum Gasteiger partial charge on any atom is -0.339 e. The van der Waals surface area contributed by atoms with Gasteiger partial charge in [0.2, 0.25) is 11.7 Å². The molecule has 1 saturated heterocycles. The third-order valence-electron chi connectivity index (χ3n) is 4.11. The van der Waals surface area contributed by atoms with E-state index in [9.17, 15) is 0 Å². The first-order valence-electron chi connectivity index (χ1n) is 7.98. The lowest BCUT2D eigenvalue weighted by Crippen LogP contribution is -2.10. The minimum absolute atomic E-state index is 0.691. The third kappa shape index (κ3) is 3.93. The molecule has 1 N–H and O–H groups in total. The van der Waals surface area contributed by atoms with Crippen molar-refractivity contribution in [1.82, 2.24) is 20.4 Å². The summed E-state index contributed by atoms with van der Waals surface area (Å²) in [5.41, 5.74) is 2.30. The van der Waals surface area contributed by atoms with Gasteiger partial charge < -0.3 is 14.7 Å². The summed E-state index contributed by atoms with van der Waals surface area (Å²) in [6.45, 7) is 3.20. The molecule has 1 fully saturated rings. The van der Waals surface area contributed by atoms with Crippen molar-refractivity contribution >= 4 is 0 Å². The van der Waals surface area contributed by atoms with E-state index in [1.165, 1.54) is 12.0 Å². The monoisotopic (exact) mass is 300 g/mol. The summed E-state index contributed by atoms with van der Waals surface area (Å²) in [6, 6.07) is 8.37. The van der Waals surface area contributed by atoms with Crippen molar-refractivity contribution < 1.29 is 4.52 Å². The molecule has 2 aromatic rings. The molecular weight excluding hydrogens is 276 g/mol. The highest BCUT2D eigenvalue weighted by Crippen LogP contribution is 2.19. The molecule has 118 valence electrons. The average molecular weight is 300 g/mol. The maximum Gasteiger partial charge on any atom is 0.226 e. The summed E-state index contributed by atoms with van der Waals surface area (Å²) in [7, 11) is 4.14. The van der Waals surface area contributed by atoms with E-state index in [1.807, 2.05) is 0 Å². The summed E-state index contributed by atoms with van der Waals surface area (Å²) in [4.78, 5) is 6.68. The molecule has 0 amide bonds. The topological polar surface area (TPSA) is 54.2 Å². The van der Waals surface area contributed by atoms with E-state index in [4.69, 9.17) is 4.52 Å². The van der Waals surface area contributed by atoms with Crippen LogP contribution in [-0.4, -0.2) is 42.2 Å². The minimum atomic E-state index is 0.691. The summed E-state index contributed by atoms with van der Waals surface area (Å²) < 4.78 is 5.38. The maximum atomic E-state index is 5.38. The molecule has 2 heterocycles. The molecule has 1 aliphatic heterocycles. The van der Waals surface area contributed by atoms with Gasteiger partial charge in [-0.15, -0.1) is 0 Å². The van der Waals surface area contributed by atoms with Crippen LogP contribution in [0.3, 0.4) is 0 Å². The van der Waals surface area contributed by atoms with E-state index < -0.39 is 0 Å². The van der Waals surface area contributed by atoms with Crippen molar-refractivity contribution in [3.8, 4) is 11.4 Å². The standard InChI is InChI=1S/C17H24N4O/c1-21(2)12-14-3-6-15(7-4-14)17-19-16(22-20-17)8-5-13-9-10-18-11-13/h3-4,6-7,13,18H,5,8-12H2,1-2H3. The van der Waals surface area contributed by atoms with Gasteiger partial charge in [0.1, 0.15) is 0 Å². The molecule has 0 saturated carbocycles. The maximum absolute atomic E-state index is 5.38. The van der Waals surface area contributed by atoms with Crippen LogP contribution in [0.2, 0.25) is 0 Å². The van der Waals surface area contributed by atoms with E-state index in [2.05, 4.69) is 58.7 Å². The Hall–Kier alpha value is -1.72. The van der Waals surface area contributed by atoms with Crippen molar-refractivity contribution in [1.29, 1.82) is 0 Å². The third-order valence-corrected chi connectivity index (χ3v) is 4.11. The van der Waals surface area contributed by atoms with E-state index in [0.717, 1.165) is 49.8 Å². The highest BCUT2D eigenvalue weighted by atomic mass is 16.5. The quantitative estimate of drug-likeness (QED) is 0.887. The van der Waals surface area contributed by atoms with Gasteiger partial charge in [0.25, 0.3) is 0 Å². The Balaban J connectivity index is 1.60. The Morgan fingerprint density at radius 2 is 2.09 bits per heavy atom. The Labute approximate surface area is 131 Å². The number of hydrogen-bond acceptors (Lipinski definition) is 5. The number of aryl methyl sites for hydroxylation is 1. The van der Waals surface area contributed by atoms with Gasteiger partial charge in [-0.1, -0.05) is 29.4 Å². The predicted octanol–water partition coefficient (Wildman–Crippen LogP) is 2.34. The van der Waals surface area contributed by atoms with E-state index in [0.29, 0.717) is 5.82 Å². The molecule has 1 atom stereocenters. The Bertz CT molecular complexity index is 585. The van der Waals surface area contributed by atoms with Gasteiger partial charge in [-0.3, -0.25) is 0 Å². The molecule has 22 heavy (non-hydrogen) atoms. The number of nitrogens with one attached hydrogen (secondary N) is 1. The summed E-state index contributed by atoms with van der Waals surface area (Å²) in [5.74, 6) is 2.19. The van der Waals surface area contributed by atoms with Crippen molar-refractivity contribution in [3.05, 3.63) is 35.7 Å². The SMILES string of the molecule is CN(C)Cc1ccc(-c2noc(CCC3CCNC3)n2)cc1. The summed E-state index contributed by atoms with van der Waals surface area (Å²) in [5, 5.41) is 7.50. The second-order valence-corrected chi connectivity index (χ2v) is 6.34. The lowest BCUT2D eigenvalue weighted by atomic mass is 10.0. The van der Waals surface area contributed by atoms with Crippen LogP contribution >= 0.6 is 0 Å². The zero-order valence-corrected chi connectivity index (χ0v) is 13.4. The molecule has 5 heteroatoms. The van der Waals surface area contributed by atoms with Gasteiger partial charge in [-0.2, -0.15) is 4.98 Å². The molecular formula is C17H24N4O. The fraction of sp³-hybridized carbons (Fsp3) is 0.529. The van der Waals surface area contributed by atoms with Crippen LogP contribution < -0.4 is 5.32 Å². The van der Waals surface area contributed by atoms with Gasteiger partial charge in [0.15, 0.2) is 0 Å². The van der Waals surface area contributed by atoms with Crippen LogP contribution in [0.15, 0.2) is 28.8 Å².